The van der Waals surface area contributed by atoms with Crippen LogP contribution in [0.4, 0.5) is 4.39 Å². The maximum Gasteiger partial charge on any atom is 0.286 e. The highest BCUT2D eigenvalue weighted by Gasteiger charge is 2.30. The molecule has 1 aromatic carbocycles. The number of hydrogen-bond donors (Lipinski definition) is 2. The number of halogens is 2. The van der Waals surface area contributed by atoms with Gasteiger partial charge >= 0.3 is 0 Å². The summed E-state index contributed by atoms with van der Waals surface area (Å²) >= 11 is 6.14. The Morgan fingerprint density at radius 3 is 2.81 bits per heavy atom. The monoisotopic (exact) mass is 445 g/mol. The maximum absolute atomic E-state index is 14.4. The first-order valence-electron chi connectivity index (χ1n) is 9.97. The number of benzene rings is 1. The van der Waals surface area contributed by atoms with Crippen molar-refractivity contribution < 1.29 is 22.9 Å². The van der Waals surface area contributed by atoms with E-state index in [1.807, 2.05) is 0 Å². The van der Waals surface area contributed by atoms with Crippen LogP contribution in [0.15, 0.2) is 45.5 Å². The zero-order valence-corrected chi connectivity index (χ0v) is 17.5. The highest BCUT2D eigenvalue weighted by molar-refractivity contribution is 6.33. The summed E-state index contributed by atoms with van der Waals surface area (Å²) in [7, 11) is 0. The molecular formula is C22H21ClFN3O4. The van der Waals surface area contributed by atoms with Crippen LogP contribution in [0.3, 0.4) is 0 Å². The first kappa shape index (κ1) is 21.1. The molecule has 1 aliphatic carbocycles. The maximum atomic E-state index is 14.4. The van der Waals surface area contributed by atoms with Crippen LogP contribution >= 0.6 is 11.6 Å². The molecule has 9 heteroatoms. The summed E-state index contributed by atoms with van der Waals surface area (Å²) in [4.78, 5) is 25.0. The number of rotatable bonds is 6. The zero-order chi connectivity index (χ0) is 22.0. The molecule has 7 nitrogen and oxygen atoms in total. The molecule has 3 aromatic rings. The van der Waals surface area contributed by atoms with Gasteiger partial charge in [0.05, 0.1) is 16.8 Å². The van der Waals surface area contributed by atoms with Crippen molar-refractivity contribution in [1.29, 1.82) is 0 Å². The second-order valence-corrected chi connectivity index (χ2v) is 8.00. The number of furan rings is 1. The third-order valence-electron chi connectivity index (χ3n) is 5.46. The largest absolute Gasteiger partial charge is 0.459 e. The Labute approximate surface area is 182 Å². The Balaban J connectivity index is 1.40. The third-order valence-corrected chi connectivity index (χ3v) is 5.78. The Hall–Kier alpha value is -3.13. The molecule has 2 aromatic heterocycles. The van der Waals surface area contributed by atoms with Crippen molar-refractivity contribution in [3.05, 3.63) is 64.5 Å². The van der Waals surface area contributed by atoms with Gasteiger partial charge < -0.3 is 19.6 Å². The number of nitrogens with one attached hydrogen (secondary N) is 2. The summed E-state index contributed by atoms with van der Waals surface area (Å²) < 4.78 is 24.6. The summed E-state index contributed by atoms with van der Waals surface area (Å²) in [5.74, 6) is -0.448. The minimum Gasteiger partial charge on any atom is -0.459 e. The minimum absolute atomic E-state index is 0.0381. The van der Waals surface area contributed by atoms with Crippen molar-refractivity contribution in [3.63, 3.8) is 0 Å². The first-order chi connectivity index (χ1) is 14.9. The molecule has 2 N–H and O–H groups in total. The molecule has 0 aliphatic heterocycles. The van der Waals surface area contributed by atoms with Gasteiger partial charge in [-0.25, -0.2) is 4.39 Å². The number of aryl methyl sites for hydroxylation is 1. The van der Waals surface area contributed by atoms with E-state index in [1.54, 1.807) is 19.1 Å². The van der Waals surface area contributed by atoms with Gasteiger partial charge in [0.15, 0.2) is 5.76 Å². The SMILES string of the molecule is Cc1onc(-c2c(F)cccc2Cl)c1C(=O)N[C@H]1CCC(CNC(=O)c2ccco2)C1. The number of amides is 2. The fourth-order valence-electron chi connectivity index (χ4n) is 3.92. The van der Waals surface area contributed by atoms with E-state index in [-0.39, 0.29) is 51.2 Å². The molecule has 31 heavy (non-hydrogen) atoms. The number of carbonyl (C=O) groups is 2. The lowest BCUT2D eigenvalue weighted by molar-refractivity contribution is 0.0911. The fourth-order valence-corrected chi connectivity index (χ4v) is 4.17. The molecule has 2 atom stereocenters. The van der Waals surface area contributed by atoms with Gasteiger partial charge in [-0.2, -0.15) is 0 Å². The van der Waals surface area contributed by atoms with Crippen molar-refractivity contribution in [1.82, 2.24) is 15.8 Å². The molecule has 1 unspecified atom stereocenters. The number of hydrogen-bond acceptors (Lipinski definition) is 5. The fraction of sp³-hybridized carbons (Fsp3) is 0.318. The predicted molar refractivity (Wildman–Crippen MR) is 111 cm³/mol. The molecule has 1 aliphatic rings. The van der Waals surface area contributed by atoms with E-state index >= 15 is 0 Å². The van der Waals surface area contributed by atoms with Crippen LogP contribution in [0.25, 0.3) is 11.3 Å². The highest BCUT2D eigenvalue weighted by atomic mass is 35.5. The quantitative estimate of drug-likeness (QED) is 0.587. The summed E-state index contributed by atoms with van der Waals surface area (Å²) in [6.07, 6.45) is 3.79. The molecule has 1 saturated carbocycles. The Kier molecular flexibility index (Phi) is 6.08. The molecule has 2 amide bonds. The third kappa shape index (κ3) is 4.49. The summed E-state index contributed by atoms with van der Waals surface area (Å²) in [6.45, 7) is 2.09. The van der Waals surface area contributed by atoms with E-state index in [0.717, 1.165) is 12.8 Å². The first-order valence-corrected chi connectivity index (χ1v) is 10.3. The molecular weight excluding hydrogens is 425 g/mol. The second kappa shape index (κ2) is 8.93. The van der Waals surface area contributed by atoms with Crippen molar-refractivity contribution >= 4 is 23.4 Å². The van der Waals surface area contributed by atoms with Gasteiger partial charge in [0.25, 0.3) is 11.8 Å². The van der Waals surface area contributed by atoms with Gasteiger partial charge in [-0.1, -0.05) is 22.8 Å². The summed E-state index contributed by atoms with van der Waals surface area (Å²) in [5.41, 5.74) is 0.288. The van der Waals surface area contributed by atoms with Gasteiger partial charge in [-0.15, -0.1) is 0 Å². The Morgan fingerprint density at radius 2 is 2.06 bits per heavy atom. The second-order valence-electron chi connectivity index (χ2n) is 7.60. The summed E-state index contributed by atoms with van der Waals surface area (Å²) in [5, 5.41) is 9.86. The lowest BCUT2D eigenvalue weighted by atomic mass is 10.0. The zero-order valence-electron chi connectivity index (χ0n) is 16.8. The highest BCUT2D eigenvalue weighted by Crippen LogP contribution is 2.34. The van der Waals surface area contributed by atoms with Crippen LogP contribution in [-0.4, -0.2) is 29.6 Å². The van der Waals surface area contributed by atoms with Gasteiger partial charge in [-0.05, 0) is 56.4 Å². The van der Waals surface area contributed by atoms with E-state index in [1.165, 1.54) is 24.5 Å². The number of nitrogens with zero attached hydrogens (tertiary/aromatic N) is 1. The Morgan fingerprint density at radius 1 is 1.23 bits per heavy atom. The average Bonchev–Trinajstić information content (AvgIpc) is 3.48. The lowest BCUT2D eigenvalue weighted by Gasteiger charge is -2.14. The smallest absolute Gasteiger partial charge is 0.286 e. The van der Waals surface area contributed by atoms with E-state index in [2.05, 4.69) is 15.8 Å². The lowest BCUT2D eigenvalue weighted by Crippen LogP contribution is -2.34. The molecule has 4 rings (SSSR count). The van der Waals surface area contributed by atoms with E-state index in [4.69, 9.17) is 20.5 Å². The van der Waals surface area contributed by atoms with Crippen LogP contribution in [0.5, 0.6) is 0 Å². The van der Waals surface area contributed by atoms with E-state index in [9.17, 15) is 14.0 Å². The topological polar surface area (TPSA) is 97.4 Å². The molecule has 162 valence electrons. The van der Waals surface area contributed by atoms with Gasteiger partial charge in [0.2, 0.25) is 0 Å². The van der Waals surface area contributed by atoms with Crippen LogP contribution in [0, 0.1) is 18.7 Å². The van der Waals surface area contributed by atoms with Crippen molar-refractivity contribution in [2.75, 3.05) is 6.54 Å². The predicted octanol–water partition coefficient (Wildman–Crippen LogP) is 4.36. The van der Waals surface area contributed by atoms with Crippen LogP contribution < -0.4 is 10.6 Å². The summed E-state index contributed by atoms with van der Waals surface area (Å²) in [6, 6.07) is 7.46. The molecule has 0 saturated heterocycles. The molecule has 2 heterocycles. The van der Waals surface area contributed by atoms with Gasteiger partial charge in [0, 0.05) is 12.6 Å². The Bertz CT molecular complexity index is 1080. The van der Waals surface area contributed by atoms with Crippen molar-refractivity contribution in [2.24, 2.45) is 5.92 Å². The van der Waals surface area contributed by atoms with Crippen molar-refractivity contribution in [2.45, 2.75) is 32.2 Å². The number of carbonyl (C=O) groups excluding carboxylic acids is 2. The average molecular weight is 446 g/mol. The normalized spacial score (nSPS) is 18.2. The van der Waals surface area contributed by atoms with Crippen LogP contribution in [0.1, 0.15) is 45.9 Å². The number of aromatic nitrogens is 1. The molecule has 1 fully saturated rings. The van der Waals surface area contributed by atoms with Crippen LogP contribution in [0.2, 0.25) is 5.02 Å². The molecule has 0 bridgehead atoms. The van der Waals surface area contributed by atoms with E-state index in [0.29, 0.717) is 13.0 Å². The standard InChI is InChI=1S/C22H21ClFN3O4/c1-12-18(20(27-31-12)19-15(23)4-2-5-16(19)24)22(29)26-14-8-7-13(10-14)11-25-21(28)17-6-3-9-30-17/h2-6,9,13-14H,7-8,10-11H2,1H3,(H,25,28)(H,26,29)/t13?,14-/m0/s1. The minimum atomic E-state index is -0.580. The van der Waals surface area contributed by atoms with E-state index < -0.39 is 11.7 Å². The van der Waals surface area contributed by atoms with Crippen LogP contribution in [-0.2, 0) is 0 Å². The van der Waals surface area contributed by atoms with Crippen molar-refractivity contribution in [3.8, 4) is 11.3 Å². The van der Waals surface area contributed by atoms with Gasteiger partial charge in [0.1, 0.15) is 22.8 Å². The molecule has 0 radical (unpaired) electrons. The molecule has 0 spiro atoms. The van der Waals surface area contributed by atoms with Gasteiger partial charge in [-0.3, -0.25) is 9.59 Å².